The first kappa shape index (κ1) is 17.9. The Hall–Kier alpha value is -2.48. The lowest BCUT2D eigenvalue weighted by molar-refractivity contribution is -0.884. The molecule has 0 spiro atoms. The van der Waals surface area contributed by atoms with Gasteiger partial charge in [-0.1, -0.05) is 36.4 Å². The lowest BCUT2D eigenvalue weighted by Gasteiger charge is -2.29. The number of nitrogens with one attached hydrogen (secondary N) is 2. The Labute approximate surface area is 163 Å². The van der Waals surface area contributed by atoms with Crippen LogP contribution in [0.2, 0.25) is 0 Å². The molecule has 1 saturated heterocycles. The van der Waals surface area contributed by atoms with Gasteiger partial charge in [0.05, 0.1) is 50.2 Å². The summed E-state index contributed by atoms with van der Waals surface area (Å²) in [4.78, 5) is 15.5. The number of hydrogen-bond donors (Lipinski definition) is 2. The third-order valence-electron chi connectivity index (χ3n) is 4.82. The van der Waals surface area contributed by atoms with Crippen molar-refractivity contribution in [3.05, 3.63) is 65.2 Å². The maximum Gasteiger partial charge on any atom is 0.269 e. The summed E-state index contributed by atoms with van der Waals surface area (Å²) < 4.78 is 1.85. The van der Waals surface area contributed by atoms with Gasteiger partial charge < -0.3 is 4.90 Å². The number of thiophene rings is 1. The second kappa shape index (κ2) is 8.04. The molecular formula is C20H24N5OS+. The van der Waals surface area contributed by atoms with Crippen LogP contribution in [0.4, 0.5) is 0 Å². The fourth-order valence-electron chi connectivity index (χ4n) is 3.24. The van der Waals surface area contributed by atoms with Gasteiger partial charge in [0, 0.05) is 6.20 Å². The first-order valence-electron chi connectivity index (χ1n) is 9.21. The number of piperazine rings is 1. The normalized spacial score (nSPS) is 15.7. The van der Waals surface area contributed by atoms with Gasteiger partial charge in [-0.05, 0) is 17.0 Å². The monoisotopic (exact) mass is 382 g/mol. The summed E-state index contributed by atoms with van der Waals surface area (Å²) in [5.74, 6) is -0.0859. The number of likely N-dealkylation sites (N-methyl/N-ethyl adjacent to an activating group) is 1. The summed E-state index contributed by atoms with van der Waals surface area (Å²) in [6, 6.07) is 14.2. The molecule has 1 fully saturated rings. The number of hydrazine groups is 1. The highest BCUT2D eigenvalue weighted by molar-refractivity contribution is 7.13. The van der Waals surface area contributed by atoms with Gasteiger partial charge >= 0.3 is 0 Å². The Bertz CT molecular complexity index is 883. The van der Waals surface area contributed by atoms with Gasteiger partial charge in [0.2, 0.25) is 0 Å². The zero-order valence-electron chi connectivity index (χ0n) is 15.4. The quantitative estimate of drug-likeness (QED) is 0.696. The van der Waals surface area contributed by atoms with E-state index in [0.29, 0.717) is 12.1 Å². The second-order valence-electron chi connectivity index (χ2n) is 6.94. The van der Waals surface area contributed by atoms with Gasteiger partial charge in [-0.25, -0.2) is 5.01 Å². The molecule has 3 heterocycles. The van der Waals surface area contributed by atoms with Gasteiger partial charge in [0.25, 0.3) is 5.91 Å². The number of aromatic nitrogens is 2. The molecule has 140 valence electrons. The van der Waals surface area contributed by atoms with Crippen molar-refractivity contribution < 1.29 is 9.69 Å². The first-order chi connectivity index (χ1) is 13.2. The van der Waals surface area contributed by atoms with Crippen LogP contribution in [0.15, 0.2) is 54.0 Å². The number of benzene rings is 1. The van der Waals surface area contributed by atoms with Gasteiger partial charge in [-0.15, -0.1) is 11.3 Å². The Balaban J connectivity index is 1.57. The molecule has 0 unspecified atom stereocenters. The summed E-state index contributed by atoms with van der Waals surface area (Å²) in [5, 5.41) is 8.74. The molecule has 1 aliphatic heterocycles. The standard InChI is InChI=1S/C20H23N5OS/c1-23-9-11-24(12-10-23)22-20(26)17-15-25(14-16-6-3-2-4-7-16)21-19(17)18-8-5-13-27-18/h2-8,13,15H,9-12,14H2,1H3,(H,22,26)/p+1. The summed E-state index contributed by atoms with van der Waals surface area (Å²) in [7, 11) is 2.18. The van der Waals surface area contributed by atoms with E-state index < -0.39 is 0 Å². The number of amides is 1. The molecule has 0 saturated carbocycles. The van der Waals surface area contributed by atoms with Crippen LogP contribution in [-0.2, 0) is 6.54 Å². The highest BCUT2D eigenvalue weighted by Gasteiger charge is 2.23. The van der Waals surface area contributed by atoms with Crippen LogP contribution >= 0.6 is 11.3 Å². The Kier molecular flexibility index (Phi) is 5.33. The van der Waals surface area contributed by atoms with Gasteiger partial charge in [-0.2, -0.15) is 5.10 Å². The molecule has 1 aromatic carbocycles. The van der Waals surface area contributed by atoms with Crippen molar-refractivity contribution in [2.75, 3.05) is 33.2 Å². The van der Waals surface area contributed by atoms with Crippen molar-refractivity contribution in [3.8, 4) is 10.6 Å². The molecule has 2 N–H and O–H groups in total. The molecule has 0 atom stereocenters. The number of carbonyl (C=O) groups excluding carboxylic acids is 1. The lowest BCUT2D eigenvalue weighted by Crippen LogP contribution is -3.12. The fourth-order valence-corrected chi connectivity index (χ4v) is 3.96. The minimum absolute atomic E-state index is 0.0859. The van der Waals surface area contributed by atoms with E-state index in [9.17, 15) is 4.79 Å². The van der Waals surface area contributed by atoms with Crippen molar-refractivity contribution in [1.29, 1.82) is 0 Å². The number of nitrogens with zero attached hydrogens (tertiary/aromatic N) is 3. The van der Waals surface area contributed by atoms with Crippen molar-refractivity contribution in [3.63, 3.8) is 0 Å². The topological polar surface area (TPSA) is 54.6 Å². The predicted molar refractivity (Wildman–Crippen MR) is 107 cm³/mol. The van der Waals surface area contributed by atoms with Gasteiger partial charge in [0.1, 0.15) is 5.69 Å². The SMILES string of the molecule is C[NH+]1CCN(NC(=O)c2cn(Cc3ccccc3)nc2-c2cccs2)CC1. The zero-order valence-corrected chi connectivity index (χ0v) is 16.2. The van der Waals surface area contributed by atoms with E-state index in [1.54, 1.807) is 11.3 Å². The van der Waals surface area contributed by atoms with Crippen LogP contribution in [0.3, 0.4) is 0 Å². The van der Waals surface area contributed by atoms with Gasteiger partial charge in [-0.3, -0.25) is 14.9 Å². The molecule has 1 aliphatic rings. The highest BCUT2D eigenvalue weighted by Crippen LogP contribution is 2.27. The third kappa shape index (κ3) is 4.27. The minimum atomic E-state index is -0.0859. The van der Waals surface area contributed by atoms with Gasteiger partial charge in [0.15, 0.2) is 0 Å². The molecule has 3 aromatic rings. The lowest BCUT2D eigenvalue weighted by atomic mass is 10.2. The molecule has 7 heteroatoms. The summed E-state index contributed by atoms with van der Waals surface area (Å²) >= 11 is 1.60. The number of quaternary nitrogens is 1. The number of rotatable bonds is 5. The summed E-state index contributed by atoms with van der Waals surface area (Å²) in [6.45, 7) is 4.44. The van der Waals surface area contributed by atoms with E-state index in [1.807, 2.05) is 51.6 Å². The van der Waals surface area contributed by atoms with Crippen molar-refractivity contribution >= 4 is 17.2 Å². The third-order valence-corrected chi connectivity index (χ3v) is 5.70. The Morgan fingerprint density at radius 2 is 1.96 bits per heavy atom. The van der Waals surface area contributed by atoms with E-state index in [2.05, 4.69) is 24.6 Å². The molecular weight excluding hydrogens is 358 g/mol. The molecule has 1 amide bonds. The van der Waals surface area contributed by atoms with Crippen molar-refractivity contribution in [2.45, 2.75) is 6.54 Å². The van der Waals surface area contributed by atoms with E-state index in [1.165, 1.54) is 4.90 Å². The molecule has 0 bridgehead atoms. The average molecular weight is 383 g/mol. The minimum Gasteiger partial charge on any atom is -0.335 e. The smallest absolute Gasteiger partial charge is 0.269 e. The summed E-state index contributed by atoms with van der Waals surface area (Å²) in [6.07, 6.45) is 1.86. The molecule has 6 nitrogen and oxygen atoms in total. The second-order valence-corrected chi connectivity index (χ2v) is 7.88. The van der Waals surface area contributed by atoms with Crippen LogP contribution in [0.1, 0.15) is 15.9 Å². The van der Waals surface area contributed by atoms with Crippen molar-refractivity contribution in [1.82, 2.24) is 20.2 Å². The maximum atomic E-state index is 13.0. The van der Waals surface area contributed by atoms with E-state index in [4.69, 9.17) is 5.10 Å². The van der Waals surface area contributed by atoms with E-state index >= 15 is 0 Å². The zero-order chi connectivity index (χ0) is 18.6. The molecule has 2 aromatic heterocycles. The average Bonchev–Trinajstić information content (AvgIpc) is 3.34. The van der Waals surface area contributed by atoms with Crippen LogP contribution in [0.25, 0.3) is 10.6 Å². The fraction of sp³-hybridized carbons (Fsp3) is 0.300. The van der Waals surface area contributed by atoms with Crippen LogP contribution in [0, 0.1) is 0 Å². The number of hydrogen-bond acceptors (Lipinski definition) is 4. The van der Waals surface area contributed by atoms with Crippen LogP contribution in [0.5, 0.6) is 0 Å². The highest BCUT2D eigenvalue weighted by atomic mass is 32.1. The first-order valence-corrected chi connectivity index (χ1v) is 10.1. The van der Waals surface area contributed by atoms with E-state index in [-0.39, 0.29) is 5.91 Å². The maximum absolute atomic E-state index is 13.0. The predicted octanol–water partition coefficient (Wildman–Crippen LogP) is 1.14. The Morgan fingerprint density at radius 3 is 2.67 bits per heavy atom. The largest absolute Gasteiger partial charge is 0.335 e. The van der Waals surface area contributed by atoms with Crippen LogP contribution < -0.4 is 10.3 Å². The summed E-state index contributed by atoms with van der Waals surface area (Å²) in [5.41, 5.74) is 5.60. The van der Waals surface area contributed by atoms with Crippen LogP contribution in [-0.4, -0.2) is 53.9 Å². The molecule has 0 radical (unpaired) electrons. The van der Waals surface area contributed by atoms with Crippen molar-refractivity contribution in [2.24, 2.45) is 0 Å². The molecule has 27 heavy (non-hydrogen) atoms. The number of carbonyl (C=O) groups is 1. The van der Waals surface area contributed by atoms with E-state index in [0.717, 1.165) is 42.3 Å². The molecule has 0 aliphatic carbocycles. The molecule has 4 rings (SSSR count). The Morgan fingerprint density at radius 1 is 1.19 bits per heavy atom.